The van der Waals surface area contributed by atoms with Crippen molar-refractivity contribution in [2.24, 2.45) is 5.73 Å². The predicted octanol–water partition coefficient (Wildman–Crippen LogP) is 9.72. The molecule has 81 heavy (non-hydrogen) atoms. The van der Waals surface area contributed by atoms with Crippen LogP contribution >= 0.6 is 78.3 Å². The Morgan fingerprint density at radius 3 is 1.26 bits per heavy atom. The molecule has 0 saturated carbocycles. The molecule has 0 amide bonds. The van der Waals surface area contributed by atoms with Crippen LogP contribution in [0.15, 0.2) is 131 Å². The van der Waals surface area contributed by atoms with Gasteiger partial charge in [0.2, 0.25) is 15.4 Å². The molecule has 9 rings (SSSR count). The second-order valence-electron chi connectivity index (χ2n) is 15.3. The molecule has 0 aliphatic rings. The molecule has 9 aromatic rings. The van der Waals surface area contributed by atoms with Crippen molar-refractivity contribution in [1.29, 1.82) is 0 Å². The molecule has 0 aliphatic heterocycles. The van der Waals surface area contributed by atoms with E-state index in [0.717, 1.165) is 11.1 Å². The van der Waals surface area contributed by atoms with Crippen molar-refractivity contribution in [1.82, 2.24) is 60.6 Å². The number of methoxy groups -OCH3 is 4. The summed E-state index contributed by atoms with van der Waals surface area (Å²) in [5.41, 5.74) is 10.7. The summed E-state index contributed by atoms with van der Waals surface area (Å²) in [6.45, 7) is 5.93. The largest absolute Gasteiger partial charge is 0.508 e. The first-order chi connectivity index (χ1) is 38.9. The number of esters is 4. The second-order valence-corrected chi connectivity index (χ2v) is 18.3. The number of aromatic hydroxyl groups is 2. The topological polar surface area (TPSA) is 319 Å². The minimum Gasteiger partial charge on any atom is -0.508 e. The Labute approximate surface area is 496 Å². The minimum atomic E-state index is -0.518. The lowest BCUT2D eigenvalue weighted by Crippen LogP contribution is -2.08. The van der Waals surface area contributed by atoms with Crippen LogP contribution in [0.1, 0.15) is 52.6 Å². The van der Waals surface area contributed by atoms with Gasteiger partial charge in [0.1, 0.15) is 11.5 Å². The third-order valence-electron chi connectivity index (χ3n) is 10.2. The first-order valence-corrected chi connectivity index (χ1v) is 25.6. The number of phenols is 2. The van der Waals surface area contributed by atoms with E-state index in [4.69, 9.17) is 63.8 Å². The molecule has 31 heteroatoms. The van der Waals surface area contributed by atoms with Crippen LogP contribution in [0.3, 0.4) is 0 Å². The Balaban J connectivity index is 0.000000193. The van der Waals surface area contributed by atoms with Crippen LogP contribution in [-0.4, -0.2) is 123 Å². The van der Waals surface area contributed by atoms with Gasteiger partial charge in [0.15, 0.2) is 0 Å². The summed E-state index contributed by atoms with van der Waals surface area (Å²) >= 11 is 30.2. The molecule has 6 aromatic carbocycles. The molecule has 3 heterocycles. The summed E-state index contributed by atoms with van der Waals surface area (Å²) in [5.74, 6) is -1.12. The van der Waals surface area contributed by atoms with Gasteiger partial charge in [-0.05, 0) is 164 Å². The molecule has 0 fully saturated rings. The predicted molar refractivity (Wildman–Crippen MR) is 304 cm³/mol. The van der Waals surface area contributed by atoms with Gasteiger partial charge in [-0.3, -0.25) is 0 Å². The van der Waals surface area contributed by atoms with Gasteiger partial charge in [-0.2, -0.15) is 14.0 Å². The molecule has 5 N–H and O–H groups in total. The number of carbonyl (C=O) groups excluding carboxylic acids is 4. The van der Waals surface area contributed by atoms with Crippen molar-refractivity contribution in [3.8, 4) is 35.1 Å². The highest BCUT2D eigenvalue weighted by Crippen LogP contribution is 2.26. The molecule has 0 spiro atoms. The average Bonchev–Trinajstić information content (AvgIpc) is 4.43. The van der Waals surface area contributed by atoms with E-state index < -0.39 is 23.9 Å². The normalized spacial score (nSPS) is 10.0. The molecule has 0 saturated heterocycles. The highest BCUT2D eigenvalue weighted by atomic mass is 79.9. The Bertz CT molecular complexity index is 3590. The molecule has 0 bridgehead atoms. The number of ether oxygens (including phenoxy) is 4. The highest BCUT2D eigenvalue weighted by molar-refractivity contribution is 9.10. The van der Waals surface area contributed by atoms with E-state index in [1.165, 1.54) is 54.6 Å². The number of aromatic nitrogens is 12. The van der Waals surface area contributed by atoms with Gasteiger partial charge in [-0.15, -0.1) is 10.2 Å². The number of carbonyl (C=O) groups is 4. The third-order valence-corrected chi connectivity index (χ3v) is 12.4. The van der Waals surface area contributed by atoms with E-state index in [1.54, 1.807) is 97.1 Å². The lowest BCUT2D eigenvalue weighted by atomic mass is 10.2. The number of phenolic OH excluding ortho intramolecular Hbond substituents is 2. The number of rotatable bonds is 11. The van der Waals surface area contributed by atoms with Gasteiger partial charge in [0, 0.05) is 25.2 Å². The van der Waals surface area contributed by atoms with Gasteiger partial charge in [0.05, 0.1) is 87.8 Å². The molecule has 25 nitrogen and oxygen atoms in total. The van der Waals surface area contributed by atoms with Crippen LogP contribution in [0, 0.1) is 6.57 Å². The van der Waals surface area contributed by atoms with Crippen molar-refractivity contribution in [2.75, 3.05) is 33.8 Å². The standard InChI is InChI=1S/C16H14ClN5O3.2C9H6BrClN4O2.C9H7ClNO2.C7H9NO/c1-25-15(24)13-6-5-11(8-14(13)17)22-16(19-20-21-22)18-9-10-3-2-4-12(23)7-10;2*1-17-8(16)6-3-2-5(4-7(6)11)15-9(10)12-13-14-15;1-11-6-3-4-7(8(10)5-6)9(12)13-2;8-5-6-2-1-3-7(9)4-6/h2-8,23H,9H2,1H3,(H,18,19,21);2*2-4H,1H3;1,3-5H,2H3;1-4,9H,5,8H2/q;;;+1;. The number of hydrogen-bond donors (Lipinski definition) is 4. The smallest absolute Gasteiger partial charge is 0.341 e. The van der Waals surface area contributed by atoms with Crippen molar-refractivity contribution in [3.63, 3.8) is 0 Å². The molecule has 0 aliphatic carbocycles. The third kappa shape index (κ3) is 17.9. The zero-order valence-corrected chi connectivity index (χ0v) is 48.6. The zero-order chi connectivity index (χ0) is 59.2. The number of benzene rings is 6. The summed E-state index contributed by atoms with van der Waals surface area (Å²) in [4.78, 5) is 48.8. The summed E-state index contributed by atoms with van der Waals surface area (Å²) in [5, 5.41) is 55.9. The lowest BCUT2D eigenvalue weighted by molar-refractivity contribution is 0.0592. The van der Waals surface area contributed by atoms with Gasteiger partial charge in [0.25, 0.3) is 6.57 Å². The van der Waals surface area contributed by atoms with E-state index in [0.29, 0.717) is 67.9 Å². The number of anilines is 1. The van der Waals surface area contributed by atoms with Crippen molar-refractivity contribution in [3.05, 3.63) is 189 Å². The van der Waals surface area contributed by atoms with Gasteiger partial charge >= 0.3 is 29.6 Å². The van der Waals surface area contributed by atoms with Crippen molar-refractivity contribution >= 4 is 114 Å². The monoisotopic (exact) mass is 1310 g/mol. The number of nitrogens with one attached hydrogen (secondary N) is 1. The lowest BCUT2D eigenvalue weighted by Gasteiger charge is -2.09. The Morgan fingerprint density at radius 1 is 0.543 bits per heavy atom. The van der Waals surface area contributed by atoms with Crippen molar-refractivity contribution in [2.45, 2.75) is 13.1 Å². The number of nitrogens with zero attached hydrogens (tertiary/aromatic N) is 13. The van der Waals surface area contributed by atoms with E-state index in [2.05, 4.69) is 108 Å². The average molecular weight is 1310 g/mol. The minimum absolute atomic E-state index is 0.184. The molecule has 0 unspecified atom stereocenters. The molecule has 0 radical (unpaired) electrons. The van der Waals surface area contributed by atoms with Crippen LogP contribution < -0.4 is 11.1 Å². The summed E-state index contributed by atoms with van der Waals surface area (Å²) in [6.07, 6.45) is 0. The molecular formula is C50H42Br2Cl4N15O10+. The fourth-order valence-electron chi connectivity index (χ4n) is 6.26. The molecule has 418 valence electrons. The van der Waals surface area contributed by atoms with Gasteiger partial charge in [-0.25, -0.2) is 19.2 Å². The Kier molecular flexibility index (Phi) is 24.4. The van der Waals surface area contributed by atoms with Crippen LogP contribution in [0.5, 0.6) is 11.5 Å². The SMILES string of the molecule is C#[N+]c1ccc(C(=O)OC)c(Cl)c1.COC(=O)c1ccc(-n2nnnc2Br)cc1Cl.COC(=O)c1ccc(-n2nnnc2Br)cc1Cl.COC(=O)c1ccc(-n2nnnc2NCc2cccc(O)c2)cc1Cl.NCc1cccc(O)c1. The van der Waals surface area contributed by atoms with E-state index in [-0.39, 0.29) is 37.2 Å². The van der Waals surface area contributed by atoms with E-state index >= 15 is 0 Å². The first-order valence-electron chi connectivity index (χ1n) is 22.5. The molecular weight excluding hydrogens is 1270 g/mol. The zero-order valence-electron chi connectivity index (χ0n) is 42.4. The second kappa shape index (κ2) is 31.2. The van der Waals surface area contributed by atoms with Crippen LogP contribution in [0.4, 0.5) is 11.6 Å². The fraction of sp³-hybridized carbons (Fsp3) is 0.120. The van der Waals surface area contributed by atoms with Gasteiger partial charge < -0.3 is 40.2 Å². The van der Waals surface area contributed by atoms with E-state index in [1.807, 2.05) is 12.1 Å². The Hall–Kier alpha value is -8.62. The maximum absolute atomic E-state index is 11.6. The maximum Gasteiger partial charge on any atom is 0.341 e. The fourth-order valence-corrected chi connectivity index (χ4v) is 7.97. The quantitative estimate of drug-likeness (QED) is 0.0691. The molecule has 3 aromatic heterocycles. The number of nitrogens with two attached hydrogens (primary N) is 1. The van der Waals surface area contributed by atoms with E-state index in [9.17, 15) is 24.3 Å². The van der Waals surface area contributed by atoms with Gasteiger partial charge in [-0.1, -0.05) is 75.8 Å². The number of hydrogen-bond acceptors (Lipinski definition) is 21. The summed E-state index contributed by atoms with van der Waals surface area (Å²) in [6, 6.07) is 32.7. The first kappa shape index (κ1) is 63.2. The number of halogens is 6. The number of tetrazole rings is 3. The molecule has 0 atom stereocenters. The van der Waals surface area contributed by atoms with Crippen molar-refractivity contribution < 1.29 is 48.3 Å². The Morgan fingerprint density at radius 2 is 0.914 bits per heavy atom. The van der Waals surface area contributed by atoms with Crippen LogP contribution in [-0.2, 0) is 32.0 Å². The van der Waals surface area contributed by atoms with Crippen LogP contribution in [0.2, 0.25) is 20.1 Å². The summed E-state index contributed by atoms with van der Waals surface area (Å²) < 4.78 is 23.6. The highest BCUT2D eigenvalue weighted by Gasteiger charge is 2.17. The van der Waals surface area contributed by atoms with Crippen LogP contribution in [0.25, 0.3) is 21.9 Å². The summed E-state index contributed by atoms with van der Waals surface area (Å²) in [7, 11) is 5.17. The maximum atomic E-state index is 11.6.